The number of esters is 1. The maximum absolute atomic E-state index is 11.4. The number of carbonyl (C=O) groups excluding carboxylic acids is 1. The molecule has 0 aliphatic rings. The third-order valence-electron chi connectivity index (χ3n) is 2.70. The van der Waals surface area contributed by atoms with Crippen molar-refractivity contribution in [3.8, 4) is 0 Å². The van der Waals surface area contributed by atoms with Crippen LogP contribution in [0.1, 0.15) is 33.6 Å². The lowest BCUT2D eigenvalue weighted by molar-refractivity contribution is -0.140. The van der Waals surface area contributed by atoms with Crippen molar-refractivity contribution in [2.75, 3.05) is 19.5 Å². The normalized spacial score (nSPS) is 12.6. The van der Waals surface area contributed by atoms with E-state index in [1.54, 1.807) is 6.92 Å². The third kappa shape index (κ3) is 6.50. The van der Waals surface area contributed by atoms with Crippen LogP contribution in [0, 0.1) is 0 Å². The molecule has 0 amide bonds. The number of halogens is 1. The van der Waals surface area contributed by atoms with E-state index in [4.69, 9.17) is 4.74 Å². The van der Waals surface area contributed by atoms with Gasteiger partial charge in [-0.2, -0.15) is 0 Å². The molecule has 16 heavy (non-hydrogen) atoms. The van der Waals surface area contributed by atoms with Crippen molar-refractivity contribution in [1.82, 2.24) is 0 Å². The highest BCUT2D eigenvalue weighted by atomic mass is 35.5. The second-order valence-corrected chi connectivity index (χ2v) is 9.37. The molecule has 1 unspecified atom stereocenters. The molecule has 0 N–H and O–H groups in total. The van der Waals surface area contributed by atoms with Crippen molar-refractivity contribution < 1.29 is 9.53 Å². The molecule has 0 heterocycles. The molecular weight excluding hydrogens is 243 g/mol. The summed E-state index contributed by atoms with van der Waals surface area (Å²) in [5.74, 6) is -0.208. The zero-order valence-electron chi connectivity index (χ0n) is 11.1. The molecule has 0 aromatic rings. The molecule has 0 rings (SSSR count). The second kappa shape index (κ2) is 8.08. The molecular formula is C12H25ClO2P+. The first-order valence-electron chi connectivity index (χ1n) is 5.50. The molecule has 0 saturated heterocycles. The van der Waals surface area contributed by atoms with Crippen molar-refractivity contribution in [2.45, 2.75) is 39.5 Å². The van der Waals surface area contributed by atoms with Crippen molar-refractivity contribution >= 4 is 25.6 Å². The number of unbranched alkanes of at least 4 members (excludes halogenated alkanes) is 1. The number of rotatable bonds is 6. The minimum atomic E-state index is -1.13. The maximum atomic E-state index is 11.4. The molecule has 0 aliphatic carbocycles. The van der Waals surface area contributed by atoms with Gasteiger partial charge in [0.05, 0.1) is 26.8 Å². The zero-order valence-corrected chi connectivity index (χ0v) is 12.8. The van der Waals surface area contributed by atoms with Gasteiger partial charge in [-0.3, -0.25) is 0 Å². The van der Waals surface area contributed by atoms with Gasteiger partial charge in [-0.1, -0.05) is 19.9 Å². The molecule has 0 spiro atoms. The first-order chi connectivity index (χ1) is 6.81. The van der Waals surface area contributed by atoms with E-state index in [9.17, 15) is 4.79 Å². The van der Waals surface area contributed by atoms with Gasteiger partial charge in [0.2, 0.25) is 5.85 Å². The van der Waals surface area contributed by atoms with Crippen molar-refractivity contribution in [3.05, 3.63) is 12.2 Å². The minimum absolute atomic E-state index is 0. The minimum Gasteiger partial charge on any atom is -0.425 e. The van der Waals surface area contributed by atoms with Crippen LogP contribution in [0.5, 0.6) is 0 Å². The molecule has 0 saturated carbocycles. The molecule has 0 radical (unpaired) electrons. The number of hydrogen-bond donors (Lipinski definition) is 0. The fraction of sp³-hybridized carbons (Fsp3) is 0.750. The van der Waals surface area contributed by atoms with Crippen molar-refractivity contribution in [1.29, 1.82) is 0 Å². The molecule has 0 bridgehead atoms. The van der Waals surface area contributed by atoms with Crippen LogP contribution < -0.4 is 0 Å². The summed E-state index contributed by atoms with van der Waals surface area (Å²) >= 11 is 0. The monoisotopic (exact) mass is 267 g/mol. The van der Waals surface area contributed by atoms with Gasteiger partial charge in [-0.15, -0.1) is 12.4 Å². The quantitative estimate of drug-likeness (QED) is 0.414. The van der Waals surface area contributed by atoms with Crippen LogP contribution in [0.15, 0.2) is 12.2 Å². The summed E-state index contributed by atoms with van der Waals surface area (Å²) in [4.78, 5) is 11.4. The first-order valence-corrected chi connectivity index (χ1v) is 8.44. The SMILES string of the molecule is C=C(C)C(=O)OC(C)[P+](C)(C)CCCC.Cl. The molecule has 0 aromatic heterocycles. The Hall–Kier alpha value is -0.0700. The van der Waals surface area contributed by atoms with E-state index < -0.39 is 7.26 Å². The van der Waals surface area contributed by atoms with Crippen LogP contribution >= 0.6 is 19.7 Å². The molecule has 4 heteroatoms. The summed E-state index contributed by atoms with van der Waals surface area (Å²) in [6.45, 7) is 14.0. The summed E-state index contributed by atoms with van der Waals surface area (Å²) in [6.07, 6.45) is 3.61. The highest BCUT2D eigenvalue weighted by molar-refractivity contribution is 7.74. The molecule has 96 valence electrons. The first kappa shape index (κ1) is 18.3. The molecule has 1 atom stereocenters. The van der Waals surface area contributed by atoms with Crippen LogP contribution in [-0.2, 0) is 9.53 Å². The third-order valence-corrected chi connectivity index (χ3v) is 6.24. The molecule has 0 fully saturated rings. The van der Waals surface area contributed by atoms with Gasteiger partial charge in [0.15, 0.2) is 0 Å². The van der Waals surface area contributed by atoms with Gasteiger partial charge >= 0.3 is 5.97 Å². The molecule has 0 aliphatic heterocycles. The van der Waals surface area contributed by atoms with Crippen molar-refractivity contribution in [2.24, 2.45) is 0 Å². The Morgan fingerprint density at radius 2 is 1.94 bits per heavy atom. The highest BCUT2D eigenvalue weighted by Gasteiger charge is 2.35. The largest absolute Gasteiger partial charge is 0.425 e. The van der Waals surface area contributed by atoms with E-state index in [0.717, 1.165) is 0 Å². The standard InChI is InChI=1S/C12H24O2P.ClH/c1-7-8-9-15(5,6)11(4)14-12(13)10(2)3;/h11H,2,7-9H2,1,3-6H3;1H/q+1;. The molecule has 2 nitrogen and oxygen atoms in total. The molecule has 0 aromatic carbocycles. The summed E-state index contributed by atoms with van der Waals surface area (Å²) in [5.41, 5.74) is 0.484. The van der Waals surface area contributed by atoms with Gasteiger partial charge in [0.25, 0.3) is 0 Å². The lowest BCUT2D eigenvalue weighted by Crippen LogP contribution is -2.19. The lowest BCUT2D eigenvalue weighted by Gasteiger charge is -2.24. The van der Waals surface area contributed by atoms with Gasteiger partial charge in [0, 0.05) is 12.5 Å². The van der Waals surface area contributed by atoms with Gasteiger partial charge in [0.1, 0.15) is 0 Å². The van der Waals surface area contributed by atoms with Crippen LogP contribution in [-0.4, -0.2) is 31.3 Å². The van der Waals surface area contributed by atoms with Crippen LogP contribution in [0.2, 0.25) is 0 Å². The Labute approximate surface area is 107 Å². The van der Waals surface area contributed by atoms with Crippen LogP contribution in [0.4, 0.5) is 0 Å². The van der Waals surface area contributed by atoms with E-state index in [-0.39, 0.29) is 24.2 Å². The smallest absolute Gasteiger partial charge is 0.336 e. The van der Waals surface area contributed by atoms with E-state index >= 15 is 0 Å². The maximum Gasteiger partial charge on any atom is 0.336 e. The number of hydrogen-bond acceptors (Lipinski definition) is 2. The Bertz CT molecular complexity index is 239. The Balaban J connectivity index is 0. The number of carbonyl (C=O) groups is 1. The fourth-order valence-corrected chi connectivity index (χ4v) is 3.02. The predicted octanol–water partition coefficient (Wildman–Crippen LogP) is 3.95. The van der Waals surface area contributed by atoms with Gasteiger partial charge in [-0.05, 0) is 13.3 Å². The van der Waals surface area contributed by atoms with Crippen LogP contribution in [0.3, 0.4) is 0 Å². The zero-order chi connectivity index (χ0) is 12.1. The van der Waals surface area contributed by atoms with E-state index in [1.165, 1.54) is 19.0 Å². The number of ether oxygens (including phenoxy) is 1. The summed E-state index contributed by atoms with van der Waals surface area (Å²) in [7, 11) is -1.13. The predicted molar refractivity (Wildman–Crippen MR) is 76.2 cm³/mol. The van der Waals surface area contributed by atoms with Gasteiger partial charge in [-0.25, -0.2) is 4.79 Å². The van der Waals surface area contributed by atoms with E-state index in [0.29, 0.717) is 5.57 Å². The van der Waals surface area contributed by atoms with Crippen molar-refractivity contribution in [3.63, 3.8) is 0 Å². The summed E-state index contributed by atoms with van der Waals surface area (Å²) < 4.78 is 5.38. The lowest BCUT2D eigenvalue weighted by atomic mass is 10.4. The summed E-state index contributed by atoms with van der Waals surface area (Å²) in [5, 5.41) is 0. The Kier molecular flexibility index (Phi) is 9.25. The van der Waals surface area contributed by atoms with Crippen LogP contribution in [0.25, 0.3) is 0 Å². The summed E-state index contributed by atoms with van der Waals surface area (Å²) in [6, 6.07) is 0. The Morgan fingerprint density at radius 1 is 1.44 bits per heavy atom. The highest BCUT2D eigenvalue weighted by Crippen LogP contribution is 2.57. The van der Waals surface area contributed by atoms with Gasteiger partial charge < -0.3 is 4.74 Å². The second-order valence-electron chi connectivity index (χ2n) is 4.64. The average molecular weight is 268 g/mol. The van der Waals surface area contributed by atoms with E-state index in [2.05, 4.69) is 26.8 Å². The fourth-order valence-electron chi connectivity index (χ4n) is 1.15. The Morgan fingerprint density at radius 3 is 2.31 bits per heavy atom. The van der Waals surface area contributed by atoms with E-state index in [1.807, 2.05) is 6.92 Å². The topological polar surface area (TPSA) is 26.3 Å². The average Bonchev–Trinajstić information content (AvgIpc) is 2.14.